The van der Waals surface area contributed by atoms with Crippen molar-refractivity contribution in [2.45, 2.75) is 44.6 Å². The van der Waals surface area contributed by atoms with Crippen LogP contribution in [0.3, 0.4) is 0 Å². The maximum Gasteiger partial charge on any atom is 0.229 e. The molecular formula is C9H15N3O. The summed E-state index contributed by atoms with van der Waals surface area (Å²) in [6.07, 6.45) is 4.38. The fourth-order valence-electron chi connectivity index (χ4n) is 1.46. The highest BCUT2D eigenvalue weighted by Gasteiger charge is 2.25. The van der Waals surface area contributed by atoms with Crippen LogP contribution >= 0.6 is 0 Å². The molecule has 0 saturated heterocycles. The summed E-state index contributed by atoms with van der Waals surface area (Å²) in [5, 5.41) is 3.89. The fourth-order valence-corrected chi connectivity index (χ4v) is 1.46. The molecule has 1 unspecified atom stereocenters. The molecule has 1 atom stereocenters. The van der Waals surface area contributed by atoms with E-state index in [4.69, 9.17) is 10.3 Å². The second-order valence-electron chi connectivity index (χ2n) is 3.86. The summed E-state index contributed by atoms with van der Waals surface area (Å²) in [7, 11) is 0. The van der Waals surface area contributed by atoms with E-state index in [0.29, 0.717) is 12.3 Å². The van der Waals surface area contributed by atoms with Gasteiger partial charge in [0.2, 0.25) is 5.89 Å². The molecule has 72 valence electrons. The van der Waals surface area contributed by atoms with Gasteiger partial charge in [0.15, 0.2) is 5.82 Å². The first kappa shape index (κ1) is 8.69. The van der Waals surface area contributed by atoms with E-state index in [0.717, 1.165) is 11.7 Å². The lowest BCUT2D eigenvalue weighted by molar-refractivity contribution is 0.291. The minimum atomic E-state index is 0.104. The summed E-state index contributed by atoms with van der Waals surface area (Å²) in [6.45, 7) is 1.94. The number of aromatic nitrogens is 2. The van der Waals surface area contributed by atoms with Crippen LogP contribution in [0.1, 0.15) is 43.8 Å². The predicted octanol–water partition coefficient (Wildman–Crippen LogP) is 1.23. The van der Waals surface area contributed by atoms with Gasteiger partial charge < -0.3 is 10.3 Å². The predicted molar refractivity (Wildman–Crippen MR) is 48.2 cm³/mol. The zero-order valence-corrected chi connectivity index (χ0v) is 7.86. The summed E-state index contributed by atoms with van der Waals surface area (Å²) in [4.78, 5) is 4.31. The van der Waals surface area contributed by atoms with Crippen LogP contribution in [0.15, 0.2) is 4.52 Å². The molecule has 1 fully saturated rings. The largest absolute Gasteiger partial charge is 0.339 e. The van der Waals surface area contributed by atoms with Gasteiger partial charge in [-0.2, -0.15) is 4.98 Å². The standard InChI is InChI=1S/C9H15N3O/c1-6(10)5-8-11-9(13-12-8)7-3-2-4-7/h6-7H,2-5,10H2,1H3. The highest BCUT2D eigenvalue weighted by Crippen LogP contribution is 2.35. The number of nitrogens with zero attached hydrogens (tertiary/aromatic N) is 2. The van der Waals surface area contributed by atoms with Crippen molar-refractivity contribution < 1.29 is 4.52 Å². The molecule has 1 heterocycles. The highest BCUT2D eigenvalue weighted by molar-refractivity contribution is 4.98. The van der Waals surface area contributed by atoms with Crippen LogP contribution < -0.4 is 5.73 Å². The molecule has 2 N–H and O–H groups in total. The van der Waals surface area contributed by atoms with E-state index >= 15 is 0 Å². The van der Waals surface area contributed by atoms with E-state index in [1.165, 1.54) is 19.3 Å². The van der Waals surface area contributed by atoms with Crippen LogP contribution in [0.4, 0.5) is 0 Å². The van der Waals surface area contributed by atoms with E-state index < -0.39 is 0 Å². The maximum atomic E-state index is 5.63. The van der Waals surface area contributed by atoms with Crippen molar-refractivity contribution in [2.24, 2.45) is 5.73 Å². The Kier molecular flexibility index (Phi) is 2.31. The van der Waals surface area contributed by atoms with Crippen molar-refractivity contribution >= 4 is 0 Å². The molecule has 0 amide bonds. The Morgan fingerprint density at radius 3 is 2.92 bits per heavy atom. The van der Waals surface area contributed by atoms with Crippen molar-refractivity contribution in [1.82, 2.24) is 10.1 Å². The van der Waals surface area contributed by atoms with Gasteiger partial charge >= 0.3 is 0 Å². The third-order valence-electron chi connectivity index (χ3n) is 2.44. The average molecular weight is 181 g/mol. The summed E-state index contributed by atoms with van der Waals surface area (Å²) < 4.78 is 5.15. The molecule has 2 rings (SSSR count). The molecule has 1 aliphatic carbocycles. The van der Waals surface area contributed by atoms with Gasteiger partial charge in [0.05, 0.1) is 0 Å². The first-order chi connectivity index (χ1) is 6.25. The quantitative estimate of drug-likeness (QED) is 0.761. The van der Waals surface area contributed by atoms with Crippen LogP contribution in [0.5, 0.6) is 0 Å². The van der Waals surface area contributed by atoms with Crippen molar-refractivity contribution in [3.05, 3.63) is 11.7 Å². The molecule has 13 heavy (non-hydrogen) atoms. The molecular weight excluding hydrogens is 166 g/mol. The fraction of sp³-hybridized carbons (Fsp3) is 0.778. The molecule has 0 spiro atoms. The van der Waals surface area contributed by atoms with E-state index in [1.807, 2.05) is 6.92 Å². The lowest BCUT2D eigenvalue weighted by atomic mass is 9.85. The van der Waals surface area contributed by atoms with Crippen LogP contribution in [0.2, 0.25) is 0 Å². The third kappa shape index (κ3) is 1.88. The average Bonchev–Trinajstić information content (AvgIpc) is 2.31. The number of hydrogen-bond donors (Lipinski definition) is 1. The second kappa shape index (κ2) is 3.46. The first-order valence-electron chi connectivity index (χ1n) is 4.84. The molecule has 0 aromatic carbocycles. The van der Waals surface area contributed by atoms with Crippen molar-refractivity contribution in [3.8, 4) is 0 Å². The van der Waals surface area contributed by atoms with Crippen LogP contribution in [0, 0.1) is 0 Å². The lowest BCUT2D eigenvalue weighted by Crippen LogP contribution is -2.18. The van der Waals surface area contributed by atoms with E-state index in [9.17, 15) is 0 Å². The molecule has 4 nitrogen and oxygen atoms in total. The van der Waals surface area contributed by atoms with Crippen molar-refractivity contribution in [2.75, 3.05) is 0 Å². The van der Waals surface area contributed by atoms with Crippen LogP contribution in [0.25, 0.3) is 0 Å². The Balaban J connectivity index is 2.00. The molecule has 0 radical (unpaired) electrons. The molecule has 0 bridgehead atoms. The third-order valence-corrected chi connectivity index (χ3v) is 2.44. The Hall–Kier alpha value is -0.900. The lowest BCUT2D eigenvalue weighted by Gasteiger charge is -2.20. The Morgan fingerprint density at radius 2 is 2.38 bits per heavy atom. The molecule has 0 aliphatic heterocycles. The molecule has 1 aromatic heterocycles. The Labute approximate surface area is 77.5 Å². The first-order valence-corrected chi connectivity index (χ1v) is 4.84. The van der Waals surface area contributed by atoms with Crippen molar-refractivity contribution in [1.29, 1.82) is 0 Å². The SMILES string of the molecule is CC(N)Cc1noc(C2CCC2)n1. The second-order valence-corrected chi connectivity index (χ2v) is 3.86. The minimum absolute atomic E-state index is 0.104. The Bertz CT molecular complexity index is 278. The smallest absolute Gasteiger partial charge is 0.229 e. The van der Waals surface area contributed by atoms with E-state index in [2.05, 4.69) is 10.1 Å². The number of rotatable bonds is 3. The van der Waals surface area contributed by atoms with E-state index in [-0.39, 0.29) is 6.04 Å². The van der Waals surface area contributed by atoms with Crippen molar-refractivity contribution in [3.63, 3.8) is 0 Å². The molecule has 1 saturated carbocycles. The summed E-state index contributed by atoms with van der Waals surface area (Å²) >= 11 is 0. The Morgan fingerprint density at radius 1 is 1.62 bits per heavy atom. The molecule has 4 heteroatoms. The van der Waals surface area contributed by atoms with Gasteiger partial charge in [-0.3, -0.25) is 0 Å². The van der Waals surface area contributed by atoms with Gasteiger partial charge in [0.1, 0.15) is 0 Å². The van der Waals surface area contributed by atoms with E-state index in [1.54, 1.807) is 0 Å². The monoisotopic (exact) mass is 181 g/mol. The molecule has 1 aromatic rings. The van der Waals surface area contributed by atoms with Gasteiger partial charge in [-0.25, -0.2) is 0 Å². The van der Waals surface area contributed by atoms with Gasteiger partial charge in [-0.15, -0.1) is 0 Å². The highest BCUT2D eigenvalue weighted by atomic mass is 16.5. The summed E-state index contributed by atoms with van der Waals surface area (Å²) in [6, 6.07) is 0.104. The summed E-state index contributed by atoms with van der Waals surface area (Å²) in [5.74, 6) is 2.08. The maximum absolute atomic E-state index is 5.63. The van der Waals surface area contributed by atoms with Gasteiger partial charge in [0, 0.05) is 18.4 Å². The zero-order valence-electron chi connectivity index (χ0n) is 7.86. The number of nitrogens with two attached hydrogens (primary N) is 1. The van der Waals surface area contributed by atoms with Crippen LogP contribution in [-0.2, 0) is 6.42 Å². The molecule has 1 aliphatic rings. The van der Waals surface area contributed by atoms with Crippen LogP contribution in [-0.4, -0.2) is 16.2 Å². The minimum Gasteiger partial charge on any atom is -0.339 e. The normalized spacial score (nSPS) is 19.8. The zero-order chi connectivity index (χ0) is 9.26. The van der Waals surface area contributed by atoms with Gasteiger partial charge in [-0.05, 0) is 19.8 Å². The topological polar surface area (TPSA) is 64.9 Å². The van der Waals surface area contributed by atoms with Gasteiger partial charge in [0.25, 0.3) is 0 Å². The van der Waals surface area contributed by atoms with Gasteiger partial charge in [-0.1, -0.05) is 11.6 Å². The number of hydrogen-bond acceptors (Lipinski definition) is 4. The summed E-state index contributed by atoms with van der Waals surface area (Å²) in [5.41, 5.74) is 5.63.